The summed E-state index contributed by atoms with van der Waals surface area (Å²) in [5.41, 5.74) is 3.21. The molecule has 2 fully saturated rings. The number of carboxylic acids is 1. The van der Waals surface area contributed by atoms with E-state index in [0.29, 0.717) is 5.41 Å². The highest BCUT2D eigenvalue weighted by Crippen LogP contribution is 2.65. The van der Waals surface area contributed by atoms with Gasteiger partial charge in [-0.05, 0) is 61.6 Å². The van der Waals surface area contributed by atoms with Crippen LogP contribution in [0.15, 0.2) is 18.2 Å². The predicted octanol–water partition coefficient (Wildman–Crippen LogP) is 3.59. The number of rotatable bonds is 2. The van der Waals surface area contributed by atoms with Gasteiger partial charge in [0.1, 0.15) is 0 Å². The average molecular weight is 244 g/mol. The lowest BCUT2D eigenvalue weighted by molar-refractivity contribution is -0.160. The van der Waals surface area contributed by atoms with Crippen molar-refractivity contribution in [1.29, 1.82) is 0 Å². The van der Waals surface area contributed by atoms with Crippen LogP contribution in [0.25, 0.3) is 0 Å². The normalized spacial score (nSPS) is 23.2. The van der Waals surface area contributed by atoms with Gasteiger partial charge < -0.3 is 5.11 Å². The molecule has 2 saturated carbocycles. The molecule has 0 radical (unpaired) electrons. The quantitative estimate of drug-likeness (QED) is 0.863. The van der Waals surface area contributed by atoms with Crippen LogP contribution in [0.5, 0.6) is 0 Å². The Hall–Kier alpha value is -1.31. The highest BCUT2D eigenvalue weighted by molar-refractivity contribution is 5.83. The summed E-state index contributed by atoms with van der Waals surface area (Å²) in [5.74, 6) is -0.636. The zero-order valence-electron chi connectivity index (χ0n) is 11.1. The van der Waals surface area contributed by atoms with Crippen molar-refractivity contribution in [2.45, 2.75) is 51.4 Å². The molecule has 2 heteroatoms. The van der Waals surface area contributed by atoms with E-state index in [-0.39, 0.29) is 0 Å². The number of hydrogen-bond acceptors (Lipinski definition) is 1. The first-order valence-corrected chi connectivity index (χ1v) is 6.79. The third-order valence-electron chi connectivity index (χ3n) is 5.24. The molecule has 1 aromatic carbocycles. The van der Waals surface area contributed by atoms with Gasteiger partial charge in [0.15, 0.2) is 0 Å². The second-order valence-corrected chi connectivity index (χ2v) is 6.39. The first-order chi connectivity index (χ1) is 8.47. The van der Waals surface area contributed by atoms with Crippen molar-refractivity contribution in [2.24, 2.45) is 5.41 Å². The standard InChI is InChI=1S/C16H20O2/c1-11-4-5-13(8-12(11)2)16(14(17)18)9-15(10-16)6-3-7-15/h4-5,8H,3,6-7,9-10H2,1-2H3,(H,17,18). The Morgan fingerprint density at radius 3 is 2.28 bits per heavy atom. The van der Waals surface area contributed by atoms with Gasteiger partial charge in [-0.1, -0.05) is 24.6 Å². The van der Waals surface area contributed by atoms with Crippen molar-refractivity contribution in [1.82, 2.24) is 0 Å². The van der Waals surface area contributed by atoms with Crippen LogP contribution in [0, 0.1) is 19.3 Å². The second kappa shape index (κ2) is 3.59. The van der Waals surface area contributed by atoms with Crippen LogP contribution in [0.1, 0.15) is 48.8 Å². The summed E-state index contributed by atoms with van der Waals surface area (Å²) in [7, 11) is 0. The predicted molar refractivity (Wildman–Crippen MR) is 70.7 cm³/mol. The minimum atomic E-state index is -0.636. The number of carboxylic acid groups (broad SMARTS) is 1. The molecule has 0 aromatic heterocycles. The van der Waals surface area contributed by atoms with Gasteiger partial charge in [0.25, 0.3) is 0 Å². The van der Waals surface area contributed by atoms with E-state index in [1.54, 1.807) is 0 Å². The molecule has 1 spiro atoms. The van der Waals surface area contributed by atoms with Crippen LogP contribution in [0.3, 0.4) is 0 Å². The van der Waals surface area contributed by atoms with Crippen molar-refractivity contribution in [3.05, 3.63) is 34.9 Å². The van der Waals surface area contributed by atoms with Gasteiger partial charge in [-0.3, -0.25) is 4.79 Å². The van der Waals surface area contributed by atoms with Crippen molar-refractivity contribution < 1.29 is 9.90 Å². The van der Waals surface area contributed by atoms with Crippen LogP contribution in [-0.4, -0.2) is 11.1 Å². The fourth-order valence-electron chi connectivity index (χ4n) is 3.78. The van der Waals surface area contributed by atoms with Gasteiger partial charge in [0.05, 0.1) is 5.41 Å². The van der Waals surface area contributed by atoms with Gasteiger partial charge in [-0.25, -0.2) is 0 Å². The monoisotopic (exact) mass is 244 g/mol. The molecule has 18 heavy (non-hydrogen) atoms. The zero-order chi connectivity index (χ0) is 13.0. The molecule has 0 atom stereocenters. The maximum absolute atomic E-state index is 11.7. The molecule has 2 aliphatic carbocycles. The Bertz CT molecular complexity index is 504. The summed E-state index contributed by atoms with van der Waals surface area (Å²) >= 11 is 0. The van der Waals surface area contributed by atoms with Gasteiger partial charge in [0.2, 0.25) is 0 Å². The minimum absolute atomic E-state index is 0.372. The summed E-state index contributed by atoms with van der Waals surface area (Å²) in [4.78, 5) is 11.7. The SMILES string of the molecule is Cc1ccc(C2(C(=O)O)CC3(CCC3)C2)cc1C. The van der Waals surface area contributed by atoms with Crippen LogP contribution >= 0.6 is 0 Å². The second-order valence-electron chi connectivity index (χ2n) is 6.39. The summed E-state index contributed by atoms with van der Waals surface area (Å²) in [6, 6.07) is 6.15. The molecular formula is C16H20O2. The van der Waals surface area contributed by atoms with E-state index >= 15 is 0 Å². The maximum atomic E-state index is 11.7. The van der Waals surface area contributed by atoms with Crippen molar-refractivity contribution in [3.63, 3.8) is 0 Å². The summed E-state index contributed by atoms with van der Waals surface area (Å²) in [6.45, 7) is 4.13. The Morgan fingerprint density at radius 2 is 1.83 bits per heavy atom. The lowest BCUT2D eigenvalue weighted by atomic mass is 9.43. The summed E-state index contributed by atoms with van der Waals surface area (Å²) in [6.07, 6.45) is 5.43. The molecule has 1 aromatic rings. The molecule has 0 saturated heterocycles. The average Bonchev–Trinajstić information content (AvgIpc) is 2.19. The van der Waals surface area contributed by atoms with E-state index in [1.807, 2.05) is 6.07 Å². The van der Waals surface area contributed by atoms with E-state index < -0.39 is 11.4 Å². The fourth-order valence-corrected chi connectivity index (χ4v) is 3.78. The lowest BCUT2D eigenvalue weighted by Crippen LogP contribution is -2.57. The molecule has 1 N–H and O–H groups in total. The number of aryl methyl sites for hydroxylation is 2. The highest BCUT2D eigenvalue weighted by Gasteiger charge is 2.61. The lowest BCUT2D eigenvalue weighted by Gasteiger charge is -2.59. The molecule has 2 nitrogen and oxygen atoms in total. The number of hydrogen-bond donors (Lipinski definition) is 1. The number of benzene rings is 1. The van der Waals surface area contributed by atoms with E-state index in [9.17, 15) is 9.90 Å². The molecule has 0 unspecified atom stereocenters. The smallest absolute Gasteiger partial charge is 0.314 e. The molecule has 96 valence electrons. The molecule has 3 rings (SSSR count). The van der Waals surface area contributed by atoms with Gasteiger partial charge in [-0.2, -0.15) is 0 Å². The summed E-state index contributed by atoms with van der Waals surface area (Å²) < 4.78 is 0. The number of carbonyl (C=O) groups is 1. The Kier molecular flexibility index (Phi) is 2.35. The van der Waals surface area contributed by atoms with Crippen molar-refractivity contribution in [3.8, 4) is 0 Å². The maximum Gasteiger partial charge on any atom is 0.314 e. The van der Waals surface area contributed by atoms with Crippen LogP contribution < -0.4 is 0 Å². The largest absolute Gasteiger partial charge is 0.481 e. The molecule has 0 amide bonds. The van der Waals surface area contributed by atoms with Crippen LogP contribution in [-0.2, 0) is 10.2 Å². The third kappa shape index (κ3) is 1.44. The third-order valence-corrected chi connectivity index (χ3v) is 5.24. The number of aliphatic carboxylic acids is 1. The Balaban J connectivity index is 1.95. The van der Waals surface area contributed by atoms with E-state index in [4.69, 9.17) is 0 Å². The Labute approximate surface area is 108 Å². The summed E-state index contributed by atoms with van der Waals surface area (Å²) in [5, 5.41) is 9.65. The molecular weight excluding hydrogens is 224 g/mol. The van der Waals surface area contributed by atoms with Gasteiger partial charge >= 0.3 is 5.97 Å². The van der Waals surface area contributed by atoms with Crippen molar-refractivity contribution in [2.75, 3.05) is 0 Å². The van der Waals surface area contributed by atoms with Gasteiger partial charge in [-0.15, -0.1) is 0 Å². The molecule has 0 bridgehead atoms. The fraction of sp³-hybridized carbons (Fsp3) is 0.562. The topological polar surface area (TPSA) is 37.3 Å². The highest BCUT2D eigenvalue weighted by atomic mass is 16.4. The van der Waals surface area contributed by atoms with E-state index in [2.05, 4.69) is 26.0 Å². The minimum Gasteiger partial charge on any atom is -0.481 e. The van der Waals surface area contributed by atoms with Crippen molar-refractivity contribution >= 4 is 5.97 Å². The molecule has 0 heterocycles. The van der Waals surface area contributed by atoms with Gasteiger partial charge in [0, 0.05) is 0 Å². The Morgan fingerprint density at radius 1 is 1.17 bits per heavy atom. The molecule has 2 aliphatic rings. The van der Waals surface area contributed by atoms with Crippen LogP contribution in [0.4, 0.5) is 0 Å². The first kappa shape index (κ1) is 11.8. The molecule has 0 aliphatic heterocycles. The van der Waals surface area contributed by atoms with E-state index in [0.717, 1.165) is 18.4 Å². The zero-order valence-corrected chi connectivity index (χ0v) is 11.1. The first-order valence-electron chi connectivity index (χ1n) is 6.79. The van der Waals surface area contributed by atoms with E-state index in [1.165, 1.54) is 30.4 Å². The van der Waals surface area contributed by atoms with Crippen LogP contribution in [0.2, 0.25) is 0 Å².